The zero-order valence-electron chi connectivity index (χ0n) is 13.3. The van der Waals surface area contributed by atoms with Gasteiger partial charge in [0, 0.05) is 6.20 Å². The molecular weight excluding hydrogens is 320 g/mol. The lowest BCUT2D eigenvalue weighted by Crippen LogP contribution is -2.30. The van der Waals surface area contributed by atoms with Gasteiger partial charge in [-0.15, -0.1) is 5.10 Å². The number of carbonyl (C=O) groups is 1. The highest BCUT2D eigenvalue weighted by atomic mass is 16.5. The summed E-state index contributed by atoms with van der Waals surface area (Å²) in [5.41, 5.74) is 1.08. The maximum atomic E-state index is 12.2. The van der Waals surface area contributed by atoms with Crippen LogP contribution in [0.5, 0.6) is 5.75 Å². The number of amides is 1. The topological polar surface area (TPSA) is 117 Å². The summed E-state index contributed by atoms with van der Waals surface area (Å²) in [4.78, 5) is 20.5. The summed E-state index contributed by atoms with van der Waals surface area (Å²) in [6.45, 7) is 1.60. The zero-order chi connectivity index (χ0) is 17.6. The molecule has 0 aliphatic carbocycles. The third-order valence-electron chi connectivity index (χ3n) is 3.27. The summed E-state index contributed by atoms with van der Waals surface area (Å²) in [5, 5.41) is 18.1. The Morgan fingerprint density at radius 2 is 2.20 bits per heavy atom. The van der Waals surface area contributed by atoms with Crippen LogP contribution in [0.1, 0.15) is 12.5 Å². The van der Waals surface area contributed by atoms with Crippen molar-refractivity contribution >= 4 is 11.9 Å². The lowest BCUT2D eigenvalue weighted by atomic mass is 10.2. The number of nitriles is 1. The van der Waals surface area contributed by atoms with E-state index in [1.54, 1.807) is 49.5 Å². The molecule has 25 heavy (non-hydrogen) atoms. The summed E-state index contributed by atoms with van der Waals surface area (Å²) in [6, 6.07) is 14.0. The monoisotopic (exact) mass is 334 g/mol. The second kappa shape index (κ2) is 7.23. The molecule has 0 aliphatic heterocycles. The van der Waals surface area contributed by atoms with Gasteiger partial charge in [0.15, 0.2) is 11.9 Å². The van der Waals surface area contributed by atoms with Gasteiger partial charge in [0.25, 0.3) is 5.91 Å². The maximum absolute atomic E-state index is 12.2. The lowest BCUT2D eigenvalue weighted by molar-refractivity contribution is -0.122. The molecule has 8 heteroatoms. The minimum Gasteiger partial charge on any atom is -0.481 e. The Balaban J connectivity index is 1.64. The van der Waals surface area contributed by atoms with E-state index in [0.717, 1.165) is 0 Å². The Labute approximate surface area is 143 Å². The number of nitrogens with zero attached hydrogens (tertiary/aromatic N) is 4. The molecule has 1 aromatic carbocycles. The first-order chi connectivity index (χ1) is 12.2. The van der Waals surface area contributed by atoms with Crippen molar-refractivity contribution in [3.8, 4) is 23.3 Å². The molecule has 3 aromatic rings. The number of rotatable bonds is 5. The molecule has 0 spiro atoms. The van der Waals surface area contributed by atoms with Crippen molar-refractivity contribution in [2.75, 3.05) is 5.32 Å². The van der Waals surface area contributed by atoms with Crippen LogP contribution in [0, 0.1) is 11.3 Å². The van der Waals surface area contributed by atoms with Gasteiger partial charge in [-0.1, -0.05) is 12.1 Å². The van der Waals surface area contributed by atoms with Gasteiger partial charge >= 0.3 is 0 Å². The van der Waals surface area contributed by atoms with E-state index in [9.17, 15) is 4.79 Å². The van der Waals surface area contributed by atoms with Gasteiger partial charge in [-0.25, -0.2) is 0 Å². The van der Waals surface area contributed by atoms with Crippen molar-refractivity contribution in [1.82, 2.24) is 20.2 Å². The molecule has 2 N–H and O–H groups in total. The number of nitrogens with one attached hydrogen (secondary N) is 2. The normalized spacial score (nSPS) is 11.4. The van der Waals surface area contributed by atoms with Crippen molar-refractivity contribution in [3.05, 3.63) is 54.2 Å². The molecule has 2 aromatic heterocycles. The van der Waals surface area contributed by atoms with Crippen molar-refractivity contribution in [2.24, 2.45) is 0 Å². The predicted molar refractivity (Wildman–Crippen MR) is 89.5 cm³/mol. The van der Waals surface area contributed by atoms with Crippen molar-refractivity contribution in [1.29, 1.82) is 5.26 Å². The van der Waals surface area contributed by atoms with E-state index in [4.69, 9.17) is 10.00 Å². The summed E-state index contributed by atoms with van der Waals surface area (Å²) in [6.07, 6.45) is 0.854. The fourth-order valence-electron chi connectivity index (χ4n) is 2.04. The fraction of sp³-hybridized carbons (Fsp3) is 0.118. The third-order valence-corrected chi connectivity index (χ3v) is 3.27. The van der Waals surface area contributed by atoms with Gasteiger partial charge < -0.3 is 4.74 Å². The van der Waals surface area contributed by atoms with Crippen LogP contribution < -0.4 is 10.1 Å². The molecular formula is C17H14N6O2. The molecule has 0 radical (unpaired) electrons. The van der Waals surface area contributed by atoms with Crippen LogP contribution in [-0.4, -0.2) is 32.2 Å². The number of pyridine rings is 1. The number of carbonyl (C=O) groups excluding carboxylic acids is 1. The number of aromatic nitrogens is 4. The highest BCUT2D eigenvalue weighted by Gasteiger charge is 2.17. The summed E-state index contributed by atoms with van der Waals surface area (Å²) in [5.74, 6) is 0.609. The molecule has 0 bridgehead atoms. The van der Waals surface area contributed by atoms with E-state index in [1.807, 2.05) is 12.1 Å². The first-order valence-electron chi connectivity index (χ1n) is 7.47. The molecule has 0 fully saturated rings. The molecule has 8 nitrogen and oxygen atoms in total. The summed E-state index contributed by atoms with van der Waals surface area (Å²) >= 11 is 0. The second-order valence-corrected chi connectivity index (χ2v) is 5.11. The molecule has 0 aliphatic rings. The number of benzene rings is 1. The smallest absolute Gasteiger partial charge is 0.267 e. The number of H-pyrrole nitrogens is 1. The van der Waals surface area contributed by atoms with Gasteiger partial charge in [0.05, 0.1) is 11.6 Å². The van der Waals surface area contributed by atoms with Crippen molar-refractivity contribution < 1.29 is 9.53 Å². The summed E-state index contributed by atoms with van der Waals surface area (Å²) < 4.78 is 5.54. The average molecular weight is 334 g/mol. The lowest BCUT2D eigenvalue weighted by Gasteiger charge is -2.13. The second-order valence-electron chi connectivity index (χ2n) is 5.11. The molecule has 1 atom stereocenters. The molecule has 0 saturated carbocycles. The van der Waals surface area contributed by atoms with Crippen molar-refractivity contribution in [2.45, 2.75) is 13.0 Å². The standard InChI is InChI=1S/C17H14N6O2/c1-11(25-13-6-4-5-12(9-13)10-18)16(24)21-17-20-15(22-23-17)14-7-2-3-8-19-14/h2-9,11H,1H3,(H2,20,21,22,23,24)/t11-/m0/s1. The van der Waals surface area contributed by atoms with E-state index in [0.29, 0.717) is 22.8 Å². The van der Waals surface area contributed by atoms with Crippen LogP contribution in [0.4, 0.5) is 5.95 Å². The first kappa shape index (κ1) is 16.1. The number of hydrogen-bond donors (Lipinski definition) is 2. The average Bonchev–Trinajstić information content (AvgIpc) is 3.11. The number of hydrogen-bond acceptors (Lipinski definition) is 6. The number of ether oxygens (including phenoxy) is 1. The van der Waals surface area contributed by atoms with E-state index in [2.05, 4.69) is 25.5 Å². The number of anilines is 1. The Morgan fingerprint density at radius 1 is 1.32 bits per heavy atom. The highest BCUT2D eigenvalue weighted by molar-refractivity contribution is 5.92. The fourth-order valence-corrected chi connectivity index (χ4v) is 2.04. The molecule has 0 saturated heterocycles. The van der Waals surface area contributed by atoms with Crippen LogP contribution in [-0.2, 0) is 4.79 Å². The van der Waals surface area contributed by atoms with E-state index < -0.39 is 12.0 Å². The predicted octanol–water partition coefficient (Wildman–Crippen LogP) is 2.14. The SMILES string of the molecule is C[C@H](Oc1cccc(C#N)c1)C(=O)Nc1n[nH]c(-c2ccccn2)n1. The van der Waals surface area contributed by atoms with Crippen LogP contribution in [0.2, 0.25) is 0 Å². The Kier molecular flexibility index (Phi) is 4.67. The Bertz CT molecular complexity index is 916. The van der Waals surface area contributed by atoms with E-state index in [1.165, 1.54) is 0 Å². The van der Waals surface area contributed by atoms with E-state index >= 15 is 0 Å². The quantitative estimate of drug-likeness (QED) is 0.738. The summed E-state index contributed by atoms with van der Waals surface area (Å²) in [7, 11) is 0. The molecule has 1 amide bonds. The highest BCUT2D eigenvalue weighted by Crippen LogP contribution is 2.16. The molecule has 0 unspecified atom stereocenters. The van der Waals surface area contributed by atoms with Gasteiger partial charge in [0.1, 0.15) is 11.4 Å². The van der Waals surface area contributed by atoms with Crippen LogP contribution >= 0.6 is 0 Å². The van der Waals surface area contributed by atoms with Gasteiger partial charge in [-0.3, -0.25) is 20.2 Å². The minimum absolute atomic E-state index is 0.131. The molecule has 2 heterocycles. The van der Waals surface area contributed by atoms with Crippen molar-refractivity contribution in [3.63, 3.8) is 0 Å². The minimum atomic E-state index is -0.786. The first-order valence-corrected chi connectivity index (χ1v) is 7.47. The maximum Gasteiger partial charge on any atom is 0.267 e. The Hall–Kier alpha value is -3.73. The molecule has 124 valence electrons. The Morgan fingerprint density at radius 3 is 2.96 bits per heavy atom. The largest absolute Gasteiger partial charge is 0.481 e. The molecule has 3 rings (SSSR count). The van der Waals surface area contributed by atoms with Crippen LogP contribution in [0.3, 0.4) is 0 Å². The third kappa shape index (κ3) is 3.97. The van der Waals surface area contributed by atoms with Crippen LogP contribution in [0.25, 0.3) is 11.5 Å². The number of aromatic amines is 1. The zero-order valence-corrected chi connectivity index (χ0v) is 13.3. The van der Waals surface area contributed by atoms with Crippen LogP contribution in [0.15, 0.2) is 48.7 Å². The van der Waals surface area contributed by atoms with Gasteiger partial charge in [-0.05, 0) is 37.3 Å². The van der Waals surface area contributed by atoms with Gasteiger partial charge in [-0.2, -0.15) is 10.2 Å². The van der Waals surface area contributed by atoms with E-state index in [-0.39, 0.29) is 5.95 Å². The van der Waals surface area contributed by atoms with Gasteiger partial charge in [0.2, 0.25) is 5.95 Å².